The maximum atomic E-state index is 13.1. The Morgan fingerprint density at radius 2 is 0.844 bits per heavy atom. The highest BCUT2D eigenvalue weighted by Gasteiger charge is 2.50. The highest BCUT2D eigenvalue weighted by molar-refractivity contribution is 5.74. The molecule has 0 aromatic rings. The third-order valence-corrected chi connectivity index (χ3v) is 12.9. The number of aliphatic hydroxyl groups excluding tert-OH is 2. The molecule has 0 amide bonds. The van der Waals surface area contributed by atoms with Crippen LogP contribution in [0.5, 0.6) is 0 Å². The van der Waals surface area contributed by atoms with Crippen molar-refractivity contribution in [1.82, 2.24) is 0 Å². The minimum Gasteiger partial charge on any atom is -0.479 e. The van der Waals surface area contributed by atoms with Crippen LogP contribution >= 0.6 is 0 Å². The molecule has 12 heteroatoms. The monoisotopic (exact) mass is 1080 g/mol. The molecule has 0 aliphatic carbocycles. The van der Waals surface area contributed by atoms with E-state index in [9.17, 15) is 34.5 Å². The van der Waals surface area contributed by atoms with Crippen LogP contribution in [0.15, 0.2) is 109 Å². The van der Waals surface area contributed by atoms with Gasteiger partial charge in [-0.05, 0) is 89.9 Å². The molecule has 1 aliphatic rings. The number of aliphatic hydroxyl groups is 2. The Hall–Kier alpha value is -4.62. The van der Waals surface area contributed by atoms with E-state index in [1.165, 1.54) is 51.4 Å². The van der Waals surface area contributed by atoms with Gasteiger partial charge in [0.1, 0.15) is 18.8 Å². The van der Waals surface area contributed by atoms with Crippen LogP contribution in [0.3, 0.4) is 0 Å². The van der Waals surface area contributed by atoms with Gasteiger partial charge in [-0.25, -0.2) is 4.79 Å². The Labute approximate surface area is 465 Å². The van der Waals surface area contributed by atoms with Crippen LogP contribution in [-0.2, 0) is 42.9 Å². The second-order valence-corrected chi connectivity index (χ2v) is 19.9. The Balaban J connectivity index is 2.75. The summed E-state index contributed by atoms with van der Waals surface area (Å²) in [6.45, 7) is 5.68. The number of rotatable bonds is 49. The van der Waals surface area contributed by atoms with Crippen LogP contribution in [0.2, 0.25) is 0 Å². The van der Waals surface area contributed by atoms with Gasteiger partial charge in [0.05, 0.1) is 6.61 Å². The second-order valence-electron chi connectivity index (χ2n) is 19.9. The first kappa shape index (κ1) is 70.4. The number of carbonyl (C=O) groups is 4. The molecular formula is C65H104O12. The molecule has 1 saturated heterocycles. The zero-order chi connectivity index (χ0) is 56.1. The Kier molecular flexibility index (Phi) is 47.6. The Morgan fingerprint density at radius 1 is 0.442 bits per heavy atom. The van der Waals surface area contributed by atoms with Crippen molar-refractivity contribution in [1.29, 1.82) is 0 Å². The molecule has 0 aromatic heterocycles. The molecule has 1 fully saturated rings. The third-order valence-electron chi connectivity index (χ3n) is 12.9. The van der Waals surface area contributed by atoms with E-state index < -0.39 is 67.3 Å². The molecule has 1 heterocycles. The Morgan fingerprint density at radius 3 is 1.30 bits per heavy atom. The highest BCUT2D eigenvalue weighted by atomic mass is 16.7. The second kappa shape index (κ2) is 52.1. The molecule has 0 bridgehead atoms. The molecule has 12 nitrogen and oxygen atoms in total. The largest absolute Gasteiger partial charge is 0.479 e. The van der Waals surface area contributed by atoms with Crippen LogP contribution in [-0.4, -0.2) is 89.2 Å². The SMILES string of the molecule is CC/C=C\C/C=C\C/C=C\C/C=C\C/C=C\C/C=C\CCC(=O)OCC(COC1OC(C(=O)O)C(O)C(O)C1OC(=O)CCCCCCCCCCCCCCC)OC(=O)CCCCCCC/C=C\C/C=C\C/C=C\CC. The summed E-state index contributed by atoms with van der Waals surface area (Å²) in [4.78, 5) is 51.1. The molecule has 0 saturated carbocycles. The first-order valence-corrected chi connectivity index (χ1v) is 29.9. The summed E-state index contributed by atoms with van der Waals surface area (Å²) >= 11 is 0. The number of unbranched alkanes of at least 4 members (excludes halogenated alkanes) is 17. The van der Waals surface area contributed by atoms with Gasteiger partial charge in [-0.15, -0.1) is 0 Å². The van der Waals surface area contributed by atoms with Crippen LogP contribution in [0.1, 0.15) is 226 Å². The van der Waals surface area contributed by atoms with Crippen molar-refractivity contribution in [2.75, 3.05) is 13.2 Å². The zero-order valence-corrected chi connectivity index (χ0v) is 47.9. The van der Waals surface area contributed by atoms with Crippen molar-refractivity contribution < 1.29 is 58.2 Å². The third kappa shape index (κ3) is 42.1. The summed E-state index contributed by atoms with van der Waals surface area (Å²) < 4.78 is 28.3. The molecule has 0 aromatic carbocycles. The average molecular weight is 1080 g/mol. The highest BCUT2D eigenvalue weighted by Crippen LogP contribution is 2.26. The first-order chi connectivity index (χ1) is 37.6. The molecule has 77 heavy (non-hydrogen) atoms. The summed E-state index contributed by atoms with van der Waals surface area (Å²) in [7, 11) is 0. The van der Waals surface area contributed by atoms with Gasteiger partial charge in [0.2, 0.25) is 0 Å². The van der Waals surface area contributed by atoms with Gasteiger partial charge >= 0.3 is 23.9 Å². The van der Waals surface area contributed by atoms with E-state index in [0.717, 1.165) is 116 Å². The van der Waals surface area contributed by atoms with E-state index in [4.69, 9.17) is 23.7 Å². The van der Waals surface area contributed by atoms with Crippen molar-refractivity contribution in [2.24, 2.45) is 0 Å². The van der Waals surface area contributed by atoms with Crippen molar-refractivity contribution in [2.45, 2.75) is 263 Å². The molecule has 436 valence electrons. The predicted molar refractivity (Wildman–Crippen MR) is 312 cm³/mol. The molecule has 6 atom stereocenters. The fraction of sp³-hybridized carbons (Fsp3) is 0.662. The van der Waals surface area contributed by atoms with Gasteiger partial charge in [0.15, 0.2) is 24.6 Å². The molecule has 1 rings (SSSR count). The quantitative estimate of drug-likeness (QED) is 0.0228. The number of hydrogen-bond donors (Lipinski definition) is 3. The van der Waals surface area contributed by atoms with E-state index in [-0.39, 0.29) is 25.9 Å². The van der Waals surface area contributed by atoms with Gasteiger partial charge in [0.25, 0.3) is 0 Å². The fourth-order valence-corrected chi connectivity index (χ4v) is 8.35. The van der Waals surface area contributed by atoms with Gasteiger partial charge in [-0.3, -0.25) is 14.4 Å². The Bertz CT molecular complexity index is 1750. The predicted octanol–water partition coefficient (Wildman–Crippen LogP) is 15.4. The van der Waals surface area contributed by atoms with Gasteiger partial charge in [-0.2, -0.15) is 0 Å². The summed E-state index contributed by atoms with van der Waals surface area (Å²) in [6.07, 6.45) is 57.8. The number of esters is 3. The number of ether oxygens (including phenoxy) is 5. The summed E-state index contributed by atoms with van der Waals surface area (Å²) in [5.74, 6) is -3.26. The van der Waals surface area contributed by atoms with E-state index in [2.05, 4.69) is 118 Å². The fourth-order valence-electron chi connectivity index (χ4n) is 8.35. The summed E-state index contributed by atoms with van der Waals surface area (Å²) in [5, 5.41) is 31.5. The molecular weight excluding hydrogens is 973 g/mol. The lowest BCUT2D eigenvalue weighted by atomic mass is 9.98. The number of carboxylic acid groups (broad SMARTS) is 1. The maximum Gasteiger partial charge on any atom is 0.335 e. The molecule has 6 unspecified atom stereocenters. The number of carboxylic acids is 1. The minimum absolute atomic E-state index is 0.0490. The lowest BCUT2D eigenvalue weighted by Gasteiger charge is -2.40. The number of hydrogen-bond acceptors (Lipinski definition) is 11. The van der Waals surface area contributed by atoms with Crippen molar-refractivity contribution >= 4 is 23.9 Å². The van der Waals surface area contributed by atoms with E-state index in [1.807, 2.05) is 12.2 Å². The van der Waals surface area contributed by atoms with Crippen molar-refractivity contribution in [3.8, 4) is 0 Å². The summed E-state index contributed by atoms with van der Waals surface area (Å²) in [6, 6.07) is 0. The lowest BCUT2D eigenvalue weighted by Crippen LogP contribution is -2.61. The number of aliphatic carboxylic acids is 1. The van der Waals surface area contributed by atoms with Crippen LogP contribution in [0, 0.1) is 0 Å². The summed E-state index contributed by atoms with van der Waals surface area (Å²) in [5.41, 5.74) is 0. The van der Waals surface area contributed by atoms with Gasteiger partial charge < -0.3 is 39.0 Å². The van der Waals surface area contributed by atoms with E-state index >= 15 is 0 Å². The van der Waals surface area contributed by atoms with E-state index in [1.54, 1.807) is 0 Å². The maximum absolute atomic E-state index is 13.1. The normalized spacial score (nSPS) is 18.8. The first-order valence-electron chi connectivity index (χ1n) is 29.9. The standard InChI is InChI=1S/C65H104O12/c1-4-7-10-13-16-19-22-25-27-28-29-30-32-34-36-39-42-45-48-51-57(66)73-54-56(75-58(67)52-49-46-43-40-38-35-31-26-23-20-17-14-11-8-5-2)55-74-65-63(61(70)60(69)62(77-65)64(71)72)76-59(68)53-50-47-44-41-37-33-24-21-18-15-12-9-6-3/h7-8,10-11,16-17,19-20,25-27,29-31,34,36,42,45,56,60-63,65,69-70H,4-6,9,12-15,18,21-24,28,32-33,35,37-41,43-44,46-55H2,1-3H3,(H,71,72)/b10-7-,11-8-,19-16-,20-17-,27-25-,30-29-,31-26-,36-34-,45-42-. The molecule has 0 radical (unpaired) electrons. The zero-order valence-electron chi connectivity index (χ0n) is 47.9. The lowest BCUT2D eigenvalue weighted by molar-refractivity contribution is -0.301. The van der Waals surface area contributed by atoms with Crippen molar-refractivity contribution in [3.05, 3.63) is 109 Å². The smallest absolute Gasteiger partial charge is 0.335 e. The topological polar surface area (TPSA) is 175 Å². The molecule has 3 N–H and O–H groups in total. The molecule has 1 aliphatic heterocycles. The van der Waals surface area contributed by atoms with Crippen molar-refractivity contribution in [3.63, 3.8) is 0 Å². The van der Waals surface area contributed by atoms with Gasteiger partial charge in [-0.1, -0.05) is 226 Å². The van der Waals surface area contributed by atoms with Crippen LogP contribution < -0.4 is 0 Å². The number of carbonyl (C=O) groups excluding carboxylic acids is 3. The number of allylic oxidation sites excluding steroid dienone is 18. The van der Waals surface area contributed by atoms with Crippen LogP contribution in [0.25, 0.3) is 0 Å². The minimum atomic E-state index is -1.92. The average Bonchev–Trinajstić information content (AvgIpc) is 3.42. The van der Waals surface area contributed by atoms with Gasteiger partial charge in [0, 0.05) is 19.3 Å². The van der Waals surface area contributed by atoms with E-state index in [0.29, 0.717) is 19.3 Å². The van der Waals surface area contributed by atoms with Crippen LogP contribution in [0.4, 0.5) is 0 Å². The molecule has 0 spiro atoms.